The number of nitrogens with zero attached hydrogens (tertiary/aromatic N) is 3. The van der Waals surface area contributed by atoms with E-state index in [4.69, 9.17) is 4.42 Å². The number of rotatable bonds is 7. The molecule has 3 heterocycles. The van der Waals surface area contributed by atoms with E-state index < -0.39 is 19.9 Å². The largest absolute Gasteiger partial charge is 0.467 e. The molecule has 12 heteroatoms. The van der Waals surface area contributed by atoms with Gasteiger partial charge in [-0.2, -0.15) is 4.31 Å². The van der Waals surface area contributed by atoms with Gasteiger partial charge in [-0.25, -0.2) is 21.8 Å². The number of aromatic nitrogens is 1. The maximum atomic E-state index is 13.7. The smallest absolute Gasteiger partial charge is 0.260 e. The number of amides is 1. The number of piperidine rings is 1. The van der Waals surface area contributed by atoms with E-state index in [0.29, 0.717) is 45.7 Å². The number of sulfonamides is 1. The van der Waals surface area contributed by atoms with Gasteiger partial charge in [-0.05, 0) is 73.4 Å². The Hall–Kier alpha value is -3.06. The van der Waals surface area contributed by atoms with Gasteiger partial charge in [0, 0.05) is 24.9 Å². The lowest BCUT2D eigenvalue weighted by molar-refractivity contribution is 0.0983. The first-order valence-corrected chi connectivity index (χ1v) is 16.2. The molecule has 5 rings (SSSR count). The van der Waals surface area contributed by atoms with Crippen LogP contribution >= 0.6 is 11.3 Å². The number of fused-ring (bicyclic) bond motifs is 1. The standard InChI is InChI=1S/C26H27N3O6S3/c1-18-11-13-28(14-12-18)38(33,34)21-7-5-19(6-8-21)25(30)29(17-20-4-3-15-35-20)26-27-23-10-9-22(37(2,31)32)16-24(23)36-26/h3-10,15-16,18H,11-14,17H2,1-2H3. The van der Waals surface area contributed by atoms with Gasteiger partial charge in [0.15, 0.2) is 15.0 Å². The lowest BCUT2D eigenvalue weighted by Crippen LogP contribution is -2.37. The summed E-state index contributed by atoms with van der Waals surface area (Å²) < 4.78 is 57.8. The summed E-state index contributed by atoms with van der Waals surface area (Å²) in [5.74, 6) is 0.648. The highest BCUT2D eigenvalue weighted by molar-refractivity contribution is 7.90. The summed E-state index contributed by atoms with van der Waals surface area (Å²) in [6.45, 7) is 3.19. The number of hydrogen-bond acceptors (Lipinski definition) is 8. The Morgan fingerprint density at radius 1 is 1.05 bits per heavy atom. The van der Waals surface area contributed by atoms with Crippen molar-refractivity contribution < 1.29 is 26.0 Å². The Bertz CT molecular complexity index is 1670. The summed E-state index contributed by atoms with van der Waals surface area (Å²) in [4.78, 5) is 20.0. The van der Waals surface area contributed by atoms with Crippen molar-refractivity contribution in [3.8, 4) is 0 Å². The van der Waals surface area contributed by atoms with Crippen LogP contribution in [0.1, 0.15) is 35.9 Å². The fraction of sp³-hybridized carbons (Fsp3) is 0.308. The molecule has 0 N–H and O–H groups in total. The lowest BCUT2D eigenvalue weighted by atomic mass is 10.0. The monoisotopic (exact) mass is 573 g/mol. The van der Waals surface area contributed by atoms with Crippen LogP contribution < -0.4 is 4.90 Å². The first-order chi connectivity index (χ1) is 18.0. The third kappa shape index (κ3) is 5.39. The van der Waals surface area contributed by atoms with Gasteiger partial charge in [-0.3, -0.25) is 9.69 Å². The van der Waals surface area contributed by atoms with Gasteiger partial charge in [0.2, 0.25) is 10.0 Å². The van der Waals surface area contributed by atoms with Crippen molar-refractivity contribution in [3.63, 3.8) is 0 Å². The molecule has 0 spiro atoms. The number of furan rings is 1. The van der Waals surface area contributed by atoms with Gasteiger partial charge < -0.3 is 4.42 Å². The minimum absolute atomic E-state index is 0.0939. The average Bonchev–Trinajstić information content (AvgIpc) is 3.56. The minimum Gasteiger partial charge on any atom is -0.467 e. The average molecular weight is 574 g/mol. The van der Waals surface area contributed by atoms with Crippen LogP contribution in [0.25, 0.3) is 10.2 Å². The summed E-state index contributed by atoms with van der Waals surface area (Å²) in [6, 6.07) is 14.0. The molecule has 200 valence electrons. The van der Waals surface area contributed by atoms with E-state index in [9.17, 15) is 21.6 Å². The van der Waals surface area contributed by atoms with Crippen molar-refractivity contribution in [2.45, 2.75) is 36.1 Å². The molecular weight excluding hydrogens is 547 g/mol. The van der Waals surface area contributed by atoms with Crippen molar-refractivity contribution in [1.82, 2.24) is 9.29 Å². The number of carbonyl (C=O) groups is 1. The van der Waals surface area contributed by atoms with Gasteiger partial charge >= 0.3 is 0 Å². The van der Waals surface area contributed by atoms with Gasteiger partial charge in [-0.1, -0.05) is 18.3 Å². The van der Waals surface area contributed by atoms with Crippen LogP contribution in [0, 0.1) is 5.92 Å². The van der Waals surface area contributed by atoms with Gasteiger partial charge in [0.25, 0.3) is 5.91 Å². The van der Waals surface area contributed by atoms with E-state index >= 15 is 0 Å². The molecule has 38 heavy (non-hydrogen) atoms. The van der Waals surface area contributed by atoms with Gasteiger partial charge in [-0.15, -0.1) is 0 Å². The van der Waals surface area contributed by atoms with Gasteiger partial charge in [0.05, 0.1) is 32.8 Å². The van der Waals surface area contributed by atoms with E-state index in [2.05, 4.69) is 11.9 Å². The topological polar surface area (TPSA) is 118 Å². The zero-order valence-corrected chi connectivity index (χ0v) is 23.4. The molecule has 1 saturated heterocycles. The Balaban J connectivity index is 1.46. The van der Waals surface area contributed by atoms with E-state index in [1.54, 1.807) is 24.3 Å². The molecule has 0 atom stereocenters. The number of anilines is 1. The van der Waals surface area contributed by atoms with Crippen molar-refractivity contribution >= 4 is 52.5 Å². The minimum atomic E-state index is -3.64. The van der Waals surface area contributed by atoms with Crippen LogP contribution in [0.4, 0.5) is 5.13 Å². The summed E-state index contributed by atoms with van der Waals surface area (Å²) in [5.41, 5.74) is 0.853. The Morgan fingerprint density at radius 2 is 1.74 bits per heavy atom. The Labute approximate surface area is 225 Å². The first kappa shape index (κ1) is 26.5. The maximum Gasteiger partial charge on any atom is 0.260 e. The fourth-order valence-corrected chi connectivity index (χ4v) is 7.52. The molecule has 0 radical (unpaired) electrons. The molecule has 9 nitrogen and oxygen atoms in total. The van der Waals surface area contributed by atoms with Crippen LogP contribution in [0.5, 0.6) is 0 Å². The second-order valence-corrected chi connectivity index (χ2v) is 14.4. The second kappa shape index (κ2) is 10.3. The van der Waals surface area contributed by atoms with Crippen molar-refractivity contribution in [2.24, 2.45) is 5.92 Å². The van der Waals surface area contributed by atoms with E-state index in [1.807, 2.05) is 0 Å². The van der Waals surface area contributed by atoms with E-state index in [1.165, 1.54) is 57.1 Å². The van der Waals surface area contributed by atoms with E-state index in [0.717, 1.165) is 19.1 Å². The molecule has 0 bridgehead atoms. The third-order valence-corrected chi connectivity index (χ3v) is 10.7. The molecule has 1 amide bonds. The summed E-state index contributed by atoms with van der Waals surface area (Å²) in [5, 5.41) is 0.367. The lowest BCUT2D eigenvalue weighted by Gasteiger charge is -2.29. The number of sulfone groups is 1. The molecule has 1 aliphatic rings. The highest BCUT2D eigenvalue weighted by Gasteiger charge is 2.29. The van der Waals surface area contributed by atoms with Crippen LogP contribution in [-0.2, 0) is 26.4 Å². The summed E-state index contributed by atoms with van der Waals surface area (Å²) in [6.07, 6.45) is 4.30. The molecule has 0 saturated carbocycles. The van der Waals surface area contributed by atoms with Crippen molar-refractivity contribution in [3.05, 3.63) is 72.2 Å². The summed E-state index contributed by atoms with van der Waals surface area (Å²) >= 11 is 1.19. The predicted molar refractivity (Wildman–Crippen MR) is 146 cm³/mol. The molecule has 0 aliphatic carbocycles. The molecule has 1 aliphatic heterocycles. The molecule has 1 fully saturated rings. The highest BCUT2D eigenvalue weighted by atomic mass is 32.2. The molecule has 0 unspecified atom stereocenters. The molecular formula is C26H27N3O6S3. The number of hydrogen-bond donors (Lipinski definition) is 0. The first-order valence-electron chi connectivity index (χ1n) is 12.1. The molecule has 4 aromatic rings. The Morgan fingerprint density at radius 3 is 2.37 bits per heavy atom. The number of benzene rings is 2. The zero-order chi connectivity index (χ0) is 27.1. The molecule has 2 aromatic heterocycles. The second-order valence-electron chi connectivity index (χ2n) is 9.48. The van der Waals surface area contributed by atoms with Crippen molar-refractivity contribution in [1.29, 1.82) is 0 Å². The fourth-order valence-electron chi connectivity index (χ4n) is 4.32. The van der Waals surface area contributed by atoms with Crippen LogP contribution in [0.15, 0.2) is 75.1 Å². The van der Waals surface area contributed by atoms with Crippen LogP contribution in [-0.4, -0.2) is 51.4 Å². The van der Waals surface area contributed by atoms with E-state index in [-0.39, 0.29) is 22.2 Å². The zero-order valence-electron chi connectivity index (χ0n) is 20.9. The highest BCUT2D eigenvalue weighted by Crippen LogP contribution is 2.33. The normalized spacial score (nSPS) is 15.6. The maximum absolute atomic E-state index is 13.7. The third-order valence-electron chi connectivity index (χ3n) is 6.63. The Kier molecular flexibility index (Phi) is 7.16. The predicted octanol–water partition coefficient (Wildman–Crippen LogP) is 4.56. The quantitative estimate of drug-likeness (QED) is 0.318. The van der Waals surface area contributed by atoms with Crippen LogP contribution in [0.3, 0.4) is 0 Å². The SMILES string of the molecule is CC1CCN(S(=O)(=O)c2ccc(C(=O)N(Cc3ccco3)c3nc4ccc(S(C)(=O)=O)cc4s3)cc2)CC1. The van der Waals surface area contributed by atoms with Crippen LogP contribution in [0.2, 0.25) is 0 Å². The molecule has 2 aromatic carbocycles. The van der Waals surface area contributed by atoms with Gasteiger partial charge in [0.1, 0.15) is 5.76 Å². The number of carbonyl (C=O) groups excluding carboxylic acids is 1. The summed E-state index contributed by atoms with van der Waals surface area (Å²) in [7, 11) is -7.04. The number of thiazole rings is 1. The van der Waals surface area contributed by atoms with Crippen molar-refractivity contribution in [2.75, 3.05) is 24.2 Å².